The van der Waals surface area contributed by atoms with Crippen LogP contribution in [0, 0.1) is 11.3 Å². The number of aromatic nitrogens is 3. The van der Waals surface area contributed by atoms with E-state index in [0.717, 1.165) is 15.9 Å². The molecule has 1 aromatic carbocycles. The van der Waals surface area contributed by atoms with Crippen molar-refractivity contribution in [3.63, 3.8) is 0 Å². The largest absolute Gasteiger partial charge is 0.202 e. The van der Waals surface area contributed by atoms with Crippen LogP contribution in [0.1, 0.15) is 4.88 Å². The highest BCUT2D eigenvalue weighted by Crippen LogP contribution is 2.19. The number of nitrogens with zero attached hydrogens (tertiary/aromatic N) is 4. The lowest BCUT2D eigenvalue weighted by Crippen LogP contribution is -1.97. The standard InChI is InChI=1S/C13H8N4S/c14-9-10(8-11-4-3-7-18-11)17-13-6-2-1-5-12(13)15-16-17/h1-8H. The molecule has 18 heavy (non-hydrogen) atoms. The van der Waals surface area contributed by atoms with E-state index in [1.165, 1.54) is 0 Å². The fraction of sp³-hybridized carbons (Fsp3) is 0. The third-order valence-electron chi connectivity index (χ3n) is 2.52. The van der Waals surface area contributed by atoms with Crippen LogP contribution in [0.2, 0.25) is 0 Å². The predicted molar refractivity (Wildman–Crippen MR) is 71.6 cm³/mol. The van der Waals surface area contributed by atoms with Crippen LogP contribution < -0.4 is 0 Å². The first-order valence-electron chi connectivity index (χ1n) is 5.34. The van der Waals surface area contributed by atoms with Crippen LogP contribution in [0.3, 0.4) is 0 Å². The molecule has 0 N–H and O–H groups in total. The van der Waals surface area contributed by atoms with Crippen molar-refractivity contribution in [2.75, 3.05) is 0 Å². The number of benzene rings is 1. The number of rotatable bonds is 2. The Kier molecular flexibility index (Phi) is 2.63. The number of allylic oxidation sites excluding steroid dienone is 1. The average Bonchev–Trinajstić information content (AvgIpc) is 3.05. The van der Waals surface area contributed by atoms with E-state index in [4.69, 9.17) is 0 Å². The maximum Gasteiger partial charge on any atom is 0.145 e. The van der Waals surface area contributed by atoms with Crippen LogP contribution in [0.25, 0.3) is 22.8 Å². The minimum absolute atomic E-state index is 0.464. The fourth-order valence-corrected chi connectivity index (χ4v) is 2.35. The summed E-state index contributed by atoms with van der Waals surface area (Å²) >= 11 is 1.58. The smallest absolute Gasteiger partial charge is 0.145 e. The first kappa shape index (κ1) is 10.7. The first-order valence-corrected chi connectivity index (χ1v) is 6.22. The Labute approximate surface area is 107 Å². The lowest BCUT2D eigenvalue weighted by molar-refractivity contribution is 0.849. The summed E-state index contributed by atoms with van der Waals surface area (Å²) in [5.41, 5.74) is 2.08. The molecule has 0 atom stereocenters. The molecule has 0 saturated heterocycles. The van der Waals surface area contributed by atoms with Gasteiger partial charge in [-0.2, -0.15) is 5.26 Å². The second kappa shape index (κ2) is 4.43. The molecular formula is C13H8N4S. The number of fused-ring (bicyclic) bond motifs is 1. The molecule has 4 nitrogen and oxygen atoms in total. The second-order valence-electron chi connectivity index (χ2n) is 3.65. The third-order valence-corrected chi connectivity index (χ3v) is 3.34. The van der Waals surface area contributed by atoms with E-state index in [2.05, 4.69) is 16.4 Å². The number of hydrogen-bond acceptors (Lipinski definition) is 4. The van der Waals surface area contributed by atoms with Crippen molar-refractivity contribution < 1.29 is 0 Å². The van der Waals surface area contributed by atoms with Crippen molar-refractivity contribution in [1.29, 1.82) is 5.26 Å². The third kappa shape index (κ3) is 1.79. The van der Waals surface area contributed by atoms with Crippen molar-refractivity contribution in [3.8, 4) is 6.07 Å². The van der Waals surface area contributed by atoms with Gasteiger partial charge in [-0.1, -0.05) is 23.4 Å². The van der Waals surface area contributed by atoms with Gasteiger partial charge in [0, 0.05) is 4.88 Å². The summed E-state index contributed by atoms with van der Waals surface area (Å²) in [6.45, 7) is 0. The average molecular weight is 252 g/mol. The molecule has 0 spiro atoms. The summed E-state index contributed by atoms with van der Waals surface area (Å²) in [5.74, 6) is 0. The molecule has 0 aliphatic rings. The Morgan fingerprint density at radius 3 is 2.94 bits per heavy atom. The van der Waals surface area contributed by atoms with Crippen molar-refractivity contribution in [1.82, 2.24) is 15.0 Å². The molecule has 0 radical (unpaired) electrons. The van der Waals surface area contributed by atoms with Gasteiger partial charge < -0.3 is 0 Å². The summed E-state index contributed by atoms with van der Waals surface area (Å²) in [6, 6.07) is 13.6. The van der Waals surface area contributed by atoms with E-state index in [0.29, 0.717) is 5.70 Å². The first-order chi connectivity index (χ1) is 8.88. The highest BCUT2D eigenvalue weighted by Gasteiger charge is 2.07. The van der Waals surface area contributed by atoms with E-state index < -0.39 is 0 Å². The lowest BCUT2D eigenvalue weighted by atomic mass is 10.3. The van der Waals surface area contributed by atoms with Gasteiger partial charge in [0.1, 0.15) is 17.3 Å². The fourth-order valence-electron chi connectivity index (χ4n) is 1.70. The summed E-state index contributed by atoms with van der Waals surface area (Å²) < 4.78 is 1.56. The maximum absolute atomic E-state index is 9.25. The molecule has 3 rings (SSSR count). The predicted octanol–water partition coefficient (Wildman–Crippen LogP) is 3.01. The number of nitriles is 1. The number of hydrogen-bond donors (Lipinski definition) is 0. The normalized spacial score (nSPS) is 11.6. The molecule has 2 aromatic heterocycles. The molecular weight excluding hydrogens is 244 g/mol. The van der Waals surface area contributed by atoms with E-state index in [-0.39, 0.29) is 0 Å². The molecule has 0 saturated carbocycles. The van der Waals surface area contributed by atoms with E-state index >= 15 is 0 Å². The van der Waals surface area contributed by atoms with Crippen molar-refractivity contribution in [3.05, 3.63) is 46.7 Å². The molecule has 86 valence electrons. The molecule has 0 aliphatic carbocycles. The highest BCUT2D eigenvalue weighted by atomic mass is 32.1. The van der Waals surface area contributed by atoms with Crippen LogP contribution in [-0.4, -0.2) is 15.0 Å². The van der Waals surface area contributed by atoms with Gasteiger partial charge in [0.2, 0.25) is 0 Å². The highest BCUT2D eigenvalue weighted by molar-refractivity contribution is 7.10. The summed E-state index contributed by atoms with van der Waals surface area (Å²) in [4.78, 5) is 1.02. The molecule has 3 aromatic rings. The molecule has 2 heterocycles. The molecule has 0 amide bonds. The Morgan fingerprint density at radius 2 is 2.17 bits per heavy atom. The van der Waals surface area contributed by atoms with Gasteiger partial charge in [-0.25, -0.2) is 4.68 Å². The van der Waals surface area contributed by atoms with Crippen LogP contribution in [-0.2, 0) is 0 Å². The summed E-state index contributed by atoms with van der Waals surface area (Å²) in [6.07, 6.45) is 1.81. The molecule has 0 fully saturated rings. The van der Waals surface area contributed by atoms with Gasteiger partial charge in [0.25, 0.3) is 0 Å². The lowest BCUT2D eigenvalue weighted by Gasteiger charge is -1.98. The SMILES string of the molecule is N#CC(=Cc1cccs1)n1nnc2ccccc21. The van der Waals surface area contributed by atoms with Crippen molar-refractivity contribution in [2.45, 2.75) is 0 Å². The zero-order valence-corrected chi connectivity index (χ0v) is 10.1. The van der Waals surface area contributed by atoms with Gasteiger partial charge in [0.05, 0.1) is 5.52 Å². The summed E-state index contributed by atoms with van der Waals surface area (Å²) in [7, 11) is 0. The minimum Gasteiger partial charge on any atom is -0.202 e. The Morgan fingerprint density at radius 1 is 1.28 bits per heavy atom. The second-order valence-corrected chi connectivity index (χ2v) is 4.63. The number of para-hydroxylation sites is 1. The quantitative estimate of drug-likeness (QED) is 0.659. The molecule has 0 aliphatic heterocycles. The minimum atomic E-state index is 0.464. The maximum atomic E-state index is 9.25. The number of thiophene rings is 1. The molecule has 5 heteroatoms. The van der Waals surface area contributed by atoms with E-state index in [1.54, 1.807) is 16.0 Å². The van der Waals surface area contributed by atoms with Gasteiger partial charge in [-0.3, -0.25) is 0 Å². The van der Waals surface area contributed by atoms with Gasteiger partial charge >= 0.3 is 0 Å². The van der Waals surface area contributed by atoms with Crippen LogP contribution in [0.4, 0.5) is 0 Å². The van der Waals surface area contributed by atoms with Crippen LogP contribution in [0.5, 0.6) is 0 Å². The van der Waals surface area contributed by atoms with Gasteiger partial charge in [-0.05, 0) is 29.7 Å². The van der Waals surface area contributed by atoms with Crippen LogP contribution in [0.15, 0.2) is 41.8 Å². The monoisotopic (exact) mass is 252 g/mol. The molecule has 0 unspecified atom stereocenters. The topological polar surface area (TPSA) is 54.5 Å². The molecule has 0 bridgehead atoms. The van der Waals surface area contributed by atoms with Crippen molar-refractivity contribution >= 4 is 34.1 Å². The van der Waals surface area contributed by atoms with E-state index in [9.17, 15) is 5.26 Å². The van der Waals surface area contributed by atoms with Crippen molar-refractivity contribution in [2.24, 2.45) is 0 Å². The Bertz CT molecular complexity index is 747. The van der Waals surface area contributed by atoms with Gasteiger partial charge in [0.15, 0.2) is 0 Å². The van der Waals surface area contributed by atoms with E-state index in [1.807, 2.05) is 47.9 Å². The Balaban J connectivity index is 2.16. The Hall–Kier alpha value is -2.45. The zero-order valence-electron chi connectivity index (χ0n) is 9.32. The van der Waals surface area contributed by atoms with Gasteiger partial charge in [-0.15, -0.1) is 16.4 Å². The van der Waals surface area contributed by atoms with Crippen LogP contribution >= 0.6 is 11.3 Å². The zero-order chi connectivity index (χ0) is 12.4. The summed E-state index contributed by atoms with van der Waals surface area (Å²) in [5, 5.41) is 19.3.